The molecule has 0 saturated heterocycles. The van der Waals surface area contributed by atoms with Gasteiger partial charge in [0.05, 0.1) is 11.5 Å². The van der Waals surface area contributed by atoms with Gasteiger partial charge < -0.3 is 10.1 Å². The molecule has 2 rings (SSSR count). The zero-order valence-corrected chi connectivity index (χ0v) is 12.5. The number of hydrogen-bond acceptors (Lipinski definition) is 4. The summed E-state index contributed by atoms with van der Waals surface area (Å²) in [5.41, 5.74) is -0.669. The first-order chi connectivity index (χ1) is 11.5. The molecule has 0 aliphatic carbocycles. The number of nitrogens with one attached hydrogen (secondary N) is 1. The summed E-state index contributed by atoms with van der Waals surface area (Å²) in [5, 5.41) is 13.0. The maximum atomic E-state index is 13.4. The molecule has 0 radical (unpaired) electrons. The van der Waals surface area contributed by atoms with Crippen molar-refractivity contribution in [2.45, 2.75) is 12.8 Å². The van der Waals surface area contributed by atoms with E-state index in [2.05, 4.69) is 5.32 Å². The van der Waals surface area contributed by atoms with E-state index in [0.29, 0.717) is 0 Å². The first-order valence-corrected chi connectivity index (χ1v) is 7.09. The number of nitro benzene ring substituents is 1. The van der Waals surface area contributed by atoms with E-state index in [0.717, 1.165) is 12.1 Å². The fourth-order valence-corrected chi connectivity index (χ4v) is 1.96. The normalized spacial score (nSPS) is 10.2. The molecule has 0 unspecified atom stereocenters. The van der Waals surface area contributed by atoms with Gasteiger partial charge in [-0.2, -0.15) is 0 Å². The molecule has 0 fully saturated rings. The molecule has 1 amide bonds. The fraction of sp³-hybridized carbons (Fsp3) is 0.188. The average molecular weight is 336 g/mol. The van der Waals surface area contributed by atoms with Gasteiger partial charge in [-0.05, 0) is 24.6 Å². The van der Waals surface area contributed by atoms with E-state index in [1.807, 2.05) is 0 Å². The molecule has 0 aliphatic heterocycles. The Hall–Kier alpha value is -3.03. The van der Waals surface area contributed by atoms with Crippen molar-refractivity contribution in [3.63, 3.8) is 0 Å². The molecule has 8 heteroatoms. The third-order valence-corrected chi connectivity index (χ3v) is 3.09. The number of nitro groups is 1. The quantitative estimate of drug-likeness (QED) is 0.475. The van der Waals surface area contributed by atoms with Gasteiger partial charge in [0.1, 0.15) is 17.3 Å². The third-order valence-electron chi connectivity index (χ3n) is 3.09. The van der Waals surface area contributed by atoms with Crippen LogP contribution in [0.25, 0.3) is 0 Å². The zero-order valence-electron chi connectivity index (χ0n) is 12.5. The molecule has 0 heterocycles. The van der Waals surface area contributed by atoms with E-state index in [4.69, 9.17) is 4.74 Å². The monoisotopic (exact) mass is 336 g/mol. The minimum Gasteiger partial charge on any atom is -0.487 e. The molecule has 0 aliphatic rings. The van der Waals surface area contributed by atoms with Gasteiger partial charge in [-0.25, -0.2) is 8.78 Å². The van der Waals surface area contributed by atoms with Crippen LogP contribution in [0.5, 0.6) is 5.75 Å². The molecule has 6 nitrogen and oxygen atoms in total. The highest BCUT2D eigenvalue weighted by molar-refractivity contribution is 5.90. The number of rotatable bonds is 7. The van der Waals surface area contributed by atoms with Crippen LogP contribution >= 0.6 is 0 Å². The van der Waals surface area contributed by atoms with Gasteiger partial charge in [0.2, 0.25) is 5.91 Å². The van der Waals surface area contributed by atoms with Crippen LogP contribution in [-0.4, -0.2) is 17.4 Å². The van der Waals surface area contributed by atoms with Crippen LogP contribution in [0.4, 0.5) is 20.2 Å². The predicted molar refractivity (Wildman–Crippen MR) is 82.8 cm³/mol. The third kappa shape index (κ3) is 4.48. The zero-order chi connectivity index (χ0) is 17.5. The molecular weight excluding hydrogens is 322 g/mol. The number of ether oxygens (including phenoxy) is 1. The summed E-state index contributed by atoms with van der Waals surface area (Å²) in [4.78, 5) is 21.9. The second kappa shape index (κ2) is 8.00. The highest BCUT2D eigenvalue weighted by atomic mass is 19.1. The smallest absolute Gasteiger partial charge is 0.310 e. The molecule has 0 spiro atoms. The summed E-state index contributed by atoms with van der Waals surface area (Å²) in [5.74, 6) is -2.20. The number of carbonyl (C=O) groups excluding carboxylic acids is 1. The number of halogens is 2. The second-order valence-electron chi connectivity index (χ2n) is 4.82. The van der Waals surface area contributed by atoms with E-state index in [-0.39, 0.29) is 30.9 Å². The van der Waals surface area contributed by atoms with Crippen molar-refractivity contribution in [2.24, 2.45) is 0 Å². The summed E-state index contributed by atoms with van der Waals surface area (Å²) in [6, 6.07) is 9.14. The number of nitrogens with zero attached hydrogens (tertiary/aromatic N) is 1. The SMILES string of the molecule is O=C(CCCOc1ccccc1[N+](=O)[O-])Nc1c(F)cccc1F. The van der Waals surface area contributed by atoms with Crippen LogP contribution in [0, 0.1) is 21.7 Å². The van der Waals surface area contributed by atoms with Crippen LogP contribution in [-0.2, 0) is 4.79 Å². The van der Waals surface area contributed by atoms with Crippen LogP contribution < -0.4 is 10.1 Å². The molecule has 2 aromatic rings. The van der Waals surface area contributed by atoms with E-state index in [1.54, 1.807) is 6.07 Å². The van der Waals surface area contributed by atoms with E-state index in [9.17, 15) is 23.7 Å². The van der Waals surface area contributed by atoms with Gasteiger partial charge in [0, 0.05) is 12.5 Å². The molecule has 1 N–H and O–H groups in total. The van der Waals surface area contributed by atoms with Crippen LogP contribution in [0.15, 0.2) is 42.5 Å². The van der Waals surface area contributed by atoms with Crippen molar-refractivity contribution in [3.05, 3.63) is 64.2 Å². The van der Waals surface area contributed by atoms with Crippen molar-refractivity contribution < 1.29 is 23.2 Å². The van der Waals surface area contributed by atoms with Crippen molar-refractivity contribution in [1.29, 1.82) is 0 Å². The Balaban J connectivity index is 1.83. The Morgan fingerprint density at radius 1 is 1.12 bits per heavy atom. The largest absolute Gasteiger partial charge is 0.487 e. The lowest BCUT2D eigenvalue weighted by Gasteiger charge is -2.08. The number of benzene rings is 2. The van der Waals surface area contributed by atoms with Crippen molar-refractivity contribution in [2.75, 3.05) is 11.9 Å². The van der Waals surface area contributed by atoms with Crippen LogP contribution in [0.3, 0.4) is 0 Å². The Bertz CT molecular complexity index is 732. The Morgan fingerprint density at radius 2 is 1.79 bits per heavy atom. The molecule has 2 aromatic carbocycles. The highest BCUT2D eigenvalue weighted by Crippen LogP contribution is 2.26. The Morgan fingerprint density at radius 3 is 2.46 bits per heavy atom. The average Bonchev–Trinajstić information content (AvgIpc) is 2.55. The standard InChI is InChI=1S/C16H14F2N2O4/c17-11-5-3-6-12(18)16(11)19-15(21)9-4-10-24-14-8-2-1-7-13(14)20(22)23/h1-3,5-8H,4,9-10H2,(H,19,21). The Labute approximate surface area is 136 Å². The van der Waals surface area contributed by atoms with Gasteiger partial charge in [-0.1, -0.05) is 18.2 Å². The van der Waals surface area contributed by atoms with Gasteiger partial charge in [-0.15, -0.1) is 0 Å². The summed E-state index contributed by atoms with van der Waals surface area (Å²) in [6.45, 7) is 0.0536. The van der Waals surface area contributed by atoms with E-state index >= 15 is 0 Å². The van der Waals surface area contributed by atoms with Gasteiger partial charge >= 0.3 is 5.69 Å². The number of anilines is 1. The first kappa shape index (κ1) is 17.3. The highest BCUT2D eigenvalue weighted by Gasteiger charge is 2.14. The molecule has 24 heavy (non-hydrogen) atoms. The number of para-hydroxylation sites is 3. The number of amides is 1. The Kier molecular flexibility index (Phi) is 5.78. The van der Waals surface area contributed by atoms with Crippen molar-refractivity contribution in [1.82, 2.24) is 0 Å². The van der Waals surface area contributed by atoms with E-state index < -0.39 is 28.2 Å². The summed E-state index contributed by atoms with van der Waals surface area (Å²) in [7, 11) is 0. The predicted octanol–water partition coefficient (Wildman–Crippen LogP) is 3.67. The lowest BCUT2D eigenvalue weighted by molar-refractivity contribution is -0.385. The molecule has 0 aromatic heterocycles. The number of carbonyl (C=O) groups is 1. The summed E-state index contributed by atoms with van der Waals surface area (Å²) in [6.07, 6.45) is 0.183. The molecule has 0 saturated carbocycles. The minimum atomic E-state index is -0.862. The molecule has 126 valence electrons. The number of hydrogen-bond donors (Lipinski definition) is 1. The lowest BCUT2D eigenvalue weighted by Crippen LogP contribution is -2.15. The molecule has 0 bridgehead atoms. The topological polar surface area (TPSA) is 81.5 Å². The second-order valence-corrected chi connectivity index (χ2v) is 4.82. The molecular formula is C16H14F2N2O4. The van der Waals surface area contributed by atoms with Gasteiger partial charge in [0.15, 0.2) is 5.75 Å². The maximum absolute atomic E-state index is 13.4. The fourth-order valence-electron chi connectivity index (χ4n) is 1.96. The first-order valence-electron chi connectivity index (χ1n) is 7.09. The van der Waals surface area contributed by atoms with Gasteiger partial charge in [-0.3, -0.25) is 14.9 Å². The summed E-state index contributed by atoms with van der Waals surface area (Å²) >= 11 is 0. The van der Waals surface area contributed by atoms with Crippen molar-refractivity contribution in [3.8, 4) is 5.75 Å². The van der Waals surface area contributed by atoms with E-state index in [1.165, 1.54) is 24.3 Å². The lowest BCUT2D eigenvalue weighted by atomic mass is 10.2. The van der Waals surface area contributed by atoms with Gasteiger partial charge in [0.25, 0.3) is 0 Å². The van der Waals surface area contributed by atoms with Crippen molar-refractivity contribution >= 4 is 17.3 Å². The minimum absolute atomic E-state index is 0.0472. The van der Waals surface area contributed by atoms with Crippen LogP contribution in [0.2, 0.25) is 0 Å². The summed E-state index contributed by atoms with van der Waals surface area (Å²) < 4.78 is 32.1. The maximum Gasteiger partial charge on any atom is 0.310 e. The van der Waals surface area contributed by atoms with Crippen LogP contribution in [0.1, 0.15) is 12.8 Å². The molecule has 0 atom stereocenters.